The predicted molar refractivity (Wildman–Crippen MR) is 35.9 cm³/mol. The molecule has 0 heterocycles. The van der Waals surface area contributed by atoms with Crippen LogP contribution in [0.5, 0.6) is 0 Å². The zero-order chi connectivity index (χ0) is 9.19. The van der Waals surface area contributed by atoms with E-state index >= 15 is 0 Å². The van der Waals surface area contributed by atoms with E-state index in [2.05, 4.69) is 0 Å². The van der Waals surface area contributed by atoms with Crippen molar-refractivity contribution in [2.45, 2.75) is 6.18 Å². The van der Waals surface area contributed by atoms with Gasteiger partial charge in [0, 0.05) is 0 Å². The van der Waals surface area contributed by atoms with E-state index in [4.69, 9.17) is 0 Å². The Labute approximate surface area is 66.8 Å². The molecule has 0 aliphatic rings. The van der Waals surface area contributed by atoms with Crippen molar-refractivity contribution in [1.29, 1.82) is 0 Å². The van der Waals surface area contributed by atoms with Crippen LogP contribution >= 0.6 is 0 Å². The van der Waals surface area contributed by atoms with Gasteiger partial charge in [-0.1, -0.05) is 12.5 Å². The van der Waals surface area contributed by atoms with Crippen LogP contribution in [0.25, 0.3) is 0 Å². The average molecular weight is 177 g/mol. The van der Waals surface area contributed by atoms with Gasteiger partial charge in [0.05, 0.1) is 5.82 Å². The molecule has 0 nitrogen and oxygen atoms in total. The topological polar surface area (TPSA) is 0 Å². The molecule has 0 aliphatic heterocycles. The molecular formula is C8H5F4-. The van der Waals surface area contributed by atoms with Gasteiger partial charge < -0.3 is 0 Å². The lowest BCUT2D eigenvalue weighted by Gasteiger charge is -2.13. The molecule has 1 aromatic rings. The summed E-state index contributed by atoms with van der Waals surface area (Å²) < 4.78 is 47.4. The van der Waals surface area contributed by atoms with E-state index in [1.54, 1.807) is 0 Å². The Bertz CT molecular complexity index is 264. The van der Waals surface area contributed by atoms with Crippen molar-refractivity contribution in [1.82, 2.24) is 0 Å². The van der Waals surface area contributed by atoms with Crippen molar-refractivity contribution < 1.29 is 17.6 Å². The van der Waals surface area contributed by atoms with Crippen molar-refractivity contribution in [3.05, 3.63) is 42.1 Å². The second kappa shape index (κ2) is 3.05. The van der Waals surface area contributed by atoms with E-state index in [1.165, 1.54) is 12.1 Å². The largest absolute Gasteiger partial charge is 0.364 e. The van der Waals surface area contributed by atoms with Crippen LogP contribution in [0.1, 0.15) is 5.56 Å². The number of alkyl halides is 3. The summed E-state index contributed by atoms with van der Waals surface area (Å²) in [5.41, 5.74) is -0.178. The average Bonchev–Trinajstić information content (AvgIpc) is 1.82. The predicted octanol–water partition coefficient (Wildman–Crippen LogP) is 2.94. The summed E-state index contributed by atoms with van der Waals surface area (Å²) >= 11 is 0. The summed E-state index contributed by atoms with van der Waals surface area (Å²) in [7, 11) is 0. The second-order valence-electron chi connectivity index (χ2n) is 2.24. The van der Waals surface area contributed by atoms with E-state index in [9.17, 15) is 17.6 Å². The Hall–Kier alpha value is -1.19. The Morgan fingerprint density at radius 1 is 1.17 bits per heavy atom. The Balaban J connectivity index is 2.77. The van der Waals surface area contributed by atoms with Gasteiger partial charge in [-0.05, 0) is 0 Å². The first-order valence-corrected chi connectivity index (χ1v) is 3.15. The second-order valence-corrected chi connectivity index (χ2v) is 2.24. The van der Waals surface area contributed by atoms with Crippen LogP contribution in [0.3, 0.4) is 0 Å². The number of halogens is 4. The molecule has 0 spiro atoms. The zero-order valence-electron chi connectivity index (χ0n) is 5.90. The summed E-state index contributed by atoms with van der Waals surface area (Å²) in [6.45, 7) is 0. The van der Waals surface area contributed by atoms with E-state index in [1.807, 2.05) is 0 Å². The Morgan fingerprint density at radius 2 is 1.83 bits per heavy atom. The maximum Gasteiger partial charge on any atom is 0.364 e. The molecule has 0 atom stereocenters. The molecule has 0 aromatic heterocycles. The molecule has 0 N–H and O–H groups in total. The molecule has 0 saturated carbocycles. The molecule has 0 amide bonds. The normalized spacial score (nSPS) is 11.3. The summed E-state index contributed by atoms with van der Waals surface area (Å²) in [4.78, 5) is 0. The van der Waals surface area contributed by atoms with Crippen molar-refractivity contribution in [2.75, 3.05) is 0 Å². The third kappa shape index (κ3) is 2.82. The molecule has 1 rings (SSSR count). The lowest BCUT2D eigenvalue weighted by Crippen LogP contribution is -2.08. The molecule has 0 radical (unpaired) electrons. The highest BCUT2D eigenvalue weighted by Crippen LogP contribution is 2.23. The van der Waals surface area contributed by atoms with Gasteiger partial charge in [0.1, 0.15) is 0 Å². The zero-order valence-corrected chi connectivity index (χ0v) is 5.90. The molecule has 0 saturated heterocycles. The summed E-state index contributed by atoms with van der Waals surface area (Å²) in [6.07, 6.45) is -4.34. The molecule has 0 bridgehead atoms. The fourth-order valence-electron chi connectivity index (χ4n) is 0.785. The van der Waals surface area contributed by atoms with Gasteiger partial charge in [0.25, 0.3) is 0 Å². The first-order valence-electron chi connectivity index (χ1n) is 3.15. The molecule has 1 aromatic carbocycles. The number of rotatable bonds is 1. The molecule has 66 valence electrons. The lowest BCUT2D eigenvalue weighted by molar-refractivity contribution is -0.0927. The minimum Gasteiger partial charge on any atom is -0.222 e. The highest BCUT2D eigenvalue weighted by molar-refractivity contribution is 5.25. The van der Waals surface area contributed by atoms with E-state index in [0.29, 0.717) is 0 Å². The van der Waals surface area contributed by atoms with Crippen molar-refractivity contribution in [2.24, 2.45) is 0 Å². The van der Waals surface area contributed by atoms with Crippen LogP contribution in [-0.4, -0.2) is 6.18 Å². The summed E-state index contributed by atoms with van der Waals surface area (Å²) in [5.74, 6) is -0.673. The van der Waals surface area contributed by atoms with Crippen LogP contribution < -0.4 is 0 Å². The van der Waals surface area contributed by atoms with Crippen LogP contribution in [0, 0.1) is 12.2 Å². The smallest absolute Gasteiger partial charge is 0.222 e. The minimum atomic E-state index is -4.40. The van der Waals surface area contributed by atoms with Gasteiger partial charge in [0.2, 0.25) is 0 Å². The Kier molecular flexibility index (Phi) is 2.26. The summed E-state index contributed by atoms with van der Waals surface area (Å²) in [6, 6.07) is 4.34. The minimum absolute atomic E-state index is 0.0517. The third-order valence-electron chi connectivity index (χ3n) is 1.18. The van der Waals surface area contributed by atoms with E-state index < -0.39 is 12.0 Å². The van der Waals surface area contributed by atoms with Gasteiger partial charge in [-0.2, -0.15) is 24.8 Å². The van der Waals surface area contributed by atoms with Crippen LogP contribution in [0.15, 0.2) is 24.3 Å². The van der Waals surface area contributed by atoms with Gasteiger partial charge in [-0.15, -0.1) is 12.1 Å². The molecule has 4 heteroatoms. The van der Waals surface area contributed by atoms with Crippen molar-refractivity contribution in [3.63, 3.8) is 0 Å². The van der Waals surface area contributed by atoms with E-state index in [-0.39, 0.29) is 12.0 Å². The first kappa shape index (κ1) is 8.90. The highest BCUT2D eigenvalue weighted by atomic mass is 19.4. The Morgan fingerprint density at radius 3 is 2.33 bits per heavy atom. The van der Waals surface area contributed by atoms with Crippen LogP contribution in [0.4, 0.5) is 17.6 Å². The molecule has 12 heavy (non-hydrogen) atoms. The molecule has 0 unspecified atom stereocenters. The first-order chi connectivity index (χ1) is 5.47. The number of hydrogen-bond donors (Lipinski definition) is 0. The van der Waals surface area contributed by atoms with Gasteiger partial charge >= 0.3 is 6.18 Å². The van der Waals surface area contributed by atoms with Gasteiger partial charge in [-0.3, -0.25) is 0 Å². The lowest BCUT2D eigenvalue weighted by atomic mass is 10.1. The SMILES string of the molecule is Fc1cccc([CH-]C(F)(F)F)c1. The molecule has 0 aliphatic carbocycles. The fourth-order valence-corrected chi connectivity index (χ4v) is 0.785. The number of hydrogen-bond acceptors (Lipinski definition) is 0. The number of benzene rings is 1. The van der Waals surface area contributed by atoms with E-state index in [0.717, 1.165) is 12.1 Å². The molecular weight excluding hydrogens is 172 g/mol. The third-order valence-corrected chi connectivity index (χ3v) is 1.18. The fraction of sp³-hybridized carbons (Fsp3) is 0.125. The van der Waals surface area contributed by atoms with Crippen LogP contribution in [0.2, 0.25) is 0 Å². The summed E-state index contributed by atoms with van der Waals surface area (Å²) in [5, 5.41) is 0. The van der Waals surface area contributed by atoms with Crippen molar-refractivity contribution in [3.8, 4) is 0 Å². The maximum absolute atomic E-state index is 12.4. The van der Waals surface area contributed by atoms with Gasteiger partial charge in [-0.25, -0.2) is 4.39 Å². The molecule has 0 fully saturated rings. The monoisotopic (exact) mass is 177 g/mol. The maximum atomic E-state index is 12.4. The standard InChI is InChI=1S/C8H5F4/c9-7-3-1-2-6(4-7)5-8(10,11)12/h1-5H/q-1. The highest BCUT2D eigenvalue weighted by Gasteiger charge is 2.21. The quantitative estimate of drug-likeness (QED) is 0.457. The van der Waals surface area contributed by atoms with Crippen LogP contribution in [-0.2, 0) is 0 Å². The van der Waals surface area contributed by atoms with Gasteiger partial charge in [0.15, 0.2) is 0 Å². The van der Waals surface area contributed by atoms with Crippen molar-refractivity contribution >= 4 is 0 Å².